The van der Waals surface area contributed by atoms with E-state index in [4.69, 9.17) is 14.7 Å². The Morgan fingerprint density at radius 2 is 1.58 bits per heavy atom. The van der Waals surface area contributed by atoms with E-state index in [1.807, 2.05) is 6.92 Å². The maximum atomic E-state index is 13.5. The third-order valence-corrected chi connectivity index (χ3v) is 4.68. The van der Waals surface area contributed by atoms with Gasteiger partial charge in [0.05, 0.1) is 11.4 Å². The van der Waals surface area contributed by atoms with Gasteiger partial charge in [0.1, 0.15) is 17.6 Å². The molecule has 2 rings (SSSR count). The lowest BCUT2D eigenvalue weighted by Gasteiger charge is -2.27. The smallest absolute Gasteiger partial charge is 0.236 e. The molecule has 2 aromatic rings. The summed E-state index contributed by atoms with van der Waals surface area (Å²) in [7, 11) is 0. The Bertz CT molecular complexity index is 748. The first-order valence-electron chi connectivity index (χ1n) is 9.61. The lowest BCUT2D eigenvalue weighted by atomic mass is 9.96. The number of rotatable bonds is 7. The molecule has 0 atom stereocenters. The highest BCUT2D eigenvalue weighted by Crippen LogP contribution is 2.30. The van der Waals surface area contributed by atoms with E-state index in [9.17, 15) is 4.39 Å². The molecular formula is C22H31FN2O. The second kappa shape index (κ2) is 8.61. The molecule has 0 fully saturated rings. The van der Waals surface area contributed by atoms with Crippen LogP contribution in [0.2, 0.25) is 0 Å². The van der Waals surface area contributed by atoms with Gasteiger partial charge in [0.15, 0.2) is 0 Å². The van der Waals surface area contributed by atoms with Gasteiger partial charge in [-0.1, -0.05) is 41.5 Å². The van der Waals surface area contributed by atoms with E-state index in [0.29, 0.717) is 17.7 Å². The quantitative estimate of drug-likeness (QED) is 0.630. The van der Waals surface area contributed by atoms with Crippen LogP contribution in [0.25, 0.3) is 11.3 Å². The monoisotopic (exact) mass is 358 g/mol. The van der Waals surface area contributed by atoms with Crippen molar-refractivity contribution in [1.82, 2.24) is 9.97 Å². The normalized spacial score (nSPS) is 11.7. The van der Waals surface area contributed by atoms with Crippen molar-refractivity contribution in [1.29, 1.82) is 0 Å². The Morgan fingerprint density at radius 1 is 0.962 bits per heavy atom. The zero-order valence-corrected chi connectivity index (χ0v) is 17.1. The van der Waals surface area contributed by atoms with Gasteiger partial charge < -0.3 is 4.74 Å². The summed E-state index contributed by atoms with van der Waals surface area (Å²) in [5.74, 6) is 1.20. The minimum atomic E-state index is -0.232. The van der Waals surface area contributed by atoms with Gasteiger partial charge in [-0.05, 0) is 55.4 Å². The van der Waals surface area contributed by atoms with E-state index in [1.165, 1.54) is 6.07 Å². The summed E-state index contributed by atoms with van der Waals surface area (Å²) >= 11 is 0. The molecule has 0 bridgehead atoms. The fraction of sp³-hybridized carbons (Fsp3) is 0.545. The van der Waals surface area contributed by atoms with E-state index < -0.39 is 0 Å². The molecule has 0 radical (unpaired) electrons. The van der Waals surface area contributed by atoms with Crippen LogP contribution in [-0.2, 0) is 12.8 Å². The van der Waals surface area contributed by atoms with Crippen molar-refractivity contribution in [2.75, 3.05) is 0 Å². The van der Waals surface area contributed by atoms with Gasteiger partial charge in [-0.3, -0.25) is 0 Å². The third kappa shape index (κ3) is 4.40. The van der Waals surface area contributed by atoms with Crippen LogP contribution < -0.4 is 4.74 Å². The van der Waals surface area contributed by atoms with E-state index in [-0.39, 0.29) is 11.9 Å². The Balaban J connectivity index is 2.54. The van der Waals surface area contributed by atoms with Crippen molar-refractivity contribution in [2.45, 2.75) is 67.4 Å². The van der Waals surface area contributed by atoms with Gasteiger partial charge in [0.2, 0.25) is 5.88 Å². The molecule has 1 aromatic heterocycles. The lowest BCUT2D eigenvalue weighted by molar-refractivity contribution is 0.0976. The van der Waals surface area contributed by atoms with Crippen LogP contribution in [0.15, 0.2) is 18.2 Å². The van der Waals surface area contributed by atoms with Crippen molar-refractivity contribution in [2.24, 2.45) is 11.8 Å². The minimum Gasteiger partial charge on any atom is -0.473 e. The number of aryl methyl sites for hydroxylation is 3. The van der Waals surface area contributed by atoms with Crippen LogP contribution in [0.5, 0.6) is 5.88 Å². The van der Waals surface area contributed by atoms with E-state index in [1.54, 1.807) is 12.1 Å². The van der Waals surface area contributed by atoms with Gasteiger partial charge in [0.25, 0.3) is 0 Å². The number of halogens is 1. The first kappa shape index (κ1) is 20.3. The Labute approximate surface area is 157 Å². The largest absolute Gasteiger partial charge is 0.473 e. The molecule has 26 heavy (non-hydrogen) atoms. The number of hydrogen-bond acceptors (Lipinski definition) is 3. The summed E-state index contributed by atoms with van der Waals surface area (Å²) in [6.45, 7) is 14.7. The second-order valence-corrected chi connectivity index (χ2v) is 7.51. The van der Waals surface area contributed by atoms with Gasteiger partial charge in [0, 0.05) is 5.56 Å². The van der Waals surface area contributed by atoms with Crippen molar-refractivity contribution < 1.29 is 9.13 Å². The van der Waals surface area contributed by atoms with Crippen LogP contribution in [0.3, 0.4) is 0 Å². The predicted octanol–water partition coefficient (Wildman–Crippen LogP) is 5.78. The maximum absolute atomic E-state index is 13.5. The molecule has 0 aliphatic heterocycles. The van der Waals surface area contributed by atoms with Crippen LogP contribution >= 0.6 is 0 Å². The summed E-state index contributed by atoms with van der Waals surface area (Å²) in [5, 5.41) is 0. The Hall–Kier alpha value is -1.97. The average molecular weight is 359 g/mol. The van der Waals surface area contributed by atoms with Crippen molar-refractivity contribution >= 4 is 0 Å². The van der Waals surface area contributed by atoms with Gasteiger partial charge in [-0.2, -0.15) is 0 Å². The molecule has 0 aliphatic rings. The van der Waals surface area contributed by atoms with Crippen LogP contribution in [0, 0.1) is 24.6 Å². The van der Waals surface area contributed by atoms with Crippen molar-refractivity contribution in [3.05, 3.63) is 41.0 Å². The van der Waals surface area contributed by atoms with Gasteiger partial charge >= 0.3 is 0 Å². The van der Waals surface area contributed by atoms with Crippen molar-refractivity contribution in [3.8, 4) is 17.1 Å². The predicted molar refractivity (Wildman–Crippen MR) is 105 cm³/mol. The third-order valence-electron chi connectivity index (χ3n) is 4.68. The maximum Gasteiger partial charge on any atom is 0.236 e. The first-order chi connectivity index (χ1) is 12.3. The Kier molecular flexibility index (Phi) is 6.74. The highest BCUT2D eigenvalue weighted by atomic mass is 19.1. The molecule has 0 unspecified atom stereocenters. The molecule has 4 heteroatoms. The molecule has 0 amide bonds. The van der Waals surface area contributed by atoms with Crippen molar-refractivity contribution in [3.63, 3.8) is 0 Å². The van der Waals surface area contributed by atoms with E-state index in [2.05, 4.69) is 41.5 Å². The van der Waals surface area contributed by atoms with E-state index >= 15 is 0 Å². The van der Waals surface area contributed by atoms with Gasteiger partial charge in [-0.25, -0.2) is 14.4 Å². The molecular weight excluding hydrogens is 327 g/mol. The summed E-state index contributed by atoms with van der Waals surface area (Å²) in [4.78, 5) is 9.71. The summed E-state index contributed by atoms with van der Waals surface area (Å²) in [6, 6.07) is 4.81. The molecule has 0 spiro atoms. The number of ether oxygens (including phenoxy) is 1. The molecule has 0 N–H and O–H groups in total. The molecule has 3 nitrogen and oxygen atoms in total. The SMILES string of the molecule is CCc1nc(-c2ccc(F)cc2C)c(CC)nc1OC(C(C)C)C(C)C. The van der Waals surface area contributed by atoms with E-state index in [0.717, 1.165) is 41.1 Å². The topological polar surface area (TPSA) is 35.0 Å². The highest BCUT2D eigenvalue weighted by molar-refractivity contribution is 5.66. The fourth-order valence-corrected chi connectivity index (χ4v) is 3.34. The minimum absolute atomic E-state index is 0.0951. The molecule has 1 aromatic carbocycles. The first-order valence-corrected chi connectivity index (χ1v) is 9.61. The fourth-order valence-electron chi connectivity index (χ4n) is 3.34. The average Bonchev–Trinajstić information content (AvgIpc) is 2.58. The summed E-state index contributed by atoms with van der Waals surface area (Å²) in [6.07, 6.45) is 1.58. The highest BCUT2D eigenvalue weighted by Gasteiger charge is 2.23. The number of nitrogens with zero attached hydrogens (tertiary/aromatic N) is 2. The zero-order valence-electron chi connectivity index (χ0n) is 17.1. The molecule has 142 valence electrons. The van der Waals surface area contributed by atoms with Crippen LogP contribution in [0.1, 0.15) is 58.5 Å². The standard InChI is InChI=1S/C22H31FN2O/c1-8-18-20(17-11-10-16(23)12-15(17)7)24-19(9-2)22(25-18)26-21(13(3)4)14(5)6/h10-14,21H,8-9H2,1-7H3. The molecule has 1 heterocycles. The zero-order chi connectivity index (χ0) is 19.4. The molecule has 0 saturated heterocycles. The number of benzene rings is 1. The summed E-state index contributed by atoms with van der Waals surface area (Å²) in [5.41, 5.74) is 4.37. The lowest BCUT2D eigenvalue weighted by Crippen LogP contribution is -2.30. The molecule has 0 aliphatic carbocycles. The number of aromatic nitrogens is 2. The van der Waals surface area contributed by atoms with Gasteiger partial charge in [-0.15, -0.1) is 0 Å². The van der Waals surface area contributed by atoms with Crippen LogP contribution in [-0.4, -0.2) is 16.1 Å². The summed E-state index contributed by atoms with van der Waals surface area (Å²) < 4.78 is 19.8. The molecule has 0 saturated carbocycles. The van der Waals surface area contributed by atoms with Crippen LogP contribution in [0.4, 0.5) is 4.39 Å². The second-order valence-electron chi connectivity index (χ2n) is 7.51. The number of hydrogen-bond donors (Lipinski definition) is 0. The Morgan fingerprint density at radius 3 is 2.08 bits per heavy atom.